The van der Waals surface area contributed by atoms with E-state index in [1.807, 2.05) is 23.4 Å². The van der Waals surface area contributed by atoms with Gasteiger partial charge in [-0.05, 0) is 17.5 Å². The Morgan fingerprint density at radius 3 is 2.94 bits per heavy atom. The van der Waals surface area contributed by atoms with Gasteiger partial charge in [0, 0.05) is 23.7 Å². The molecule has 0 saturated heterocycles. The van der Waals surface area contributed by atoms with Crippen molar-refractivity contribution < 1.29 is 0 Å². The van der Waals surface area contributed by atoms with Crippen LogP contribution in [0.25, 0.3) is 0 Å². The molecule has 0 bridgehead atoms. The average Bonchev–Trinajstić information content (AvgIpc) is 2.81. The molecule has 2 aromatic rings. The smallest absolute Gasteiger partial charge is 0.148 e. The zero-order chi connectivity index (χ0) is 13.1. The van der Waals surface area contributed by atoms with E-state index >= 15 is 0 Å². The minimum atomic E-state index is -0.0480. The van der Waals surface area contributed by atoms with E-state index < -0.39 is 0 Å². The lowest BCUT2D eigenvalue weighted by Gasteiger charge is -2.19. The van der Waals surface area contributed by atoms with Crippen molar-refractivity contribution in [1.82, 2.24) is 4.98 Å². The molecule has 2 rings (SSSR count). The van der Waals surface area contributed by atoms with Crippen molar-refractivity contribution in [3.05, 3.63) is 45.2 Å². The molecule has 0 aromatic carbocycles. The number of nitrogens with one attached hydrogen (secondary N) is 1. The Labute approximate surface area is 115 Å². The van der Waals surface area contributed by atoms with Crippen molar-refractivity contribution in [1.29, 1.82) is 5.41 Å². The fourth-order valence-corrected chi connectivity index (χ4v) is 2.73. The number of rotatable bonds is 4. The number of nitrogens with two attached hydrogens (primary N) is 1. The van der Waals surface area contributed by atoms with Crippen LogP contribution in [-0.2, 0) is 6.54 Å². The minimum Gasteiger partial charge on any atom is -0.384 e. The van der Waals surface area contributed by atoms with Gasteiger partial charge in [0.15, 0.2) is 0 Å². The van der Waals surface area contributed by atoms with Gasteiger partial charge < -0.3 is 10.6 Å². The van der Waals surface area contributed by atoms with Gasteiger partial charge in [-0.25, -0.2) is 4.98 Å². The fraction of sp³-hybridized carbons (Fsp3) is 0.167. The average molecular weight is 281 g/mol. The standard InChI is InChI=1S/C12H13ClN4S/c1-17(7-8-3-2-6-18-8)12-10(13)9(11(14)15)4-5-16-12/h2-6H,7H2,1H3,(H3,14,15). The molecule has 0 aliphatic rings. The second kappa shape index (κ2) is 5.37. The van der Waals surface area contributed by atoms with Gasteiger partial charge in [-0.1, -0.05) is 17.7 Å². The molecule has 2 aromatic heterocycles. The maximum Gasteiger partial charge on any atom is 0.148 e. The van der Waals surface area contributed by atoms with Gasteiger partial charge in [-0.15, -0.1) is 11.3 Å². The van der Waals surface area contributed by atoms with Gasteiger partial charge in [0.2, 0.25) is 0 Å². The molecule has 6 heteroatoms. The summed E-state index contributed by atoms with van der Waals surface area (Å²) in [6.45, 7) is 0.728. The molecule has 0 atom stereocenters. The summed E-state index contributed by atoms with van der Waals surface area (Å²) in [7, 11) is 1.91. The van der Waals surface area contributed by atoms with Gasteiger partial charge in [-0.2, -0.15) is 0 Å². The lowest BCUT2D eigenvalue weighted by molar-refractivity contribution is 0.912. The van der Waals surface area contributed by atoms with Gasteiger partial charge in [-0.3, -0.25) is 5.41 Å². The molecule has 0 amide bonds. The Kier molecular flexibility index (Phi) is 3.84. The topological polar surface area (TPSA) is 66.0 Å². The van der Waals surface area contributed by atoms with E-state index in [9.17, 15) is 0 Å². The van der Waals surface area contributed by atoms with E-state index in [4.69, 9.17) is 22.7 Å². The van der Waals surface area contributed by atoms with Crippen molar-refractivity contribution >= 4 is 34.6 Å². The van der Waals surface area contributed by atoms with Crippen molar-refractivity contribution in [3.63, 3.8) is 0 Å². The van der Waals surface area contributed by atoms with Gasteiger partial charge in [0.25, 0.3) is 0 Å². The number of pyridine rings is 1. The first-order valence-electron chi connectivity index (χ1n) is 5.32. The molecule has 3 N–H and O–H groups in total. The number of thiophene rings is 1. The van der Waals surface area contributed by atoms with Crippen molar-refractivity contribution in [2.24, 2.45) is 5.73 Å². The second-order valence-electron chi connectivity index (χ2n) is 3.85. The summed E-state index contributed by atoms with van der Waals surface area (Å²) >= 11 is 7.90. The van der Waals surface area contributed by atoms with Crippen LogP contribution in [0.5, 0.6) is 0 Å². The van der Waals surface area contributed by atoms with Gasteiger partial charge >= 0.3 is 0 Å². The summed E-state index contributed by atoms with van der Waals surface area (Å²) in [6.07, 6.45) is 1.61. The molecule has 0 unspecified atom stereocenters. The van der Waals surface area contributed by atoms with Crippen LogP contribution in [0.3, 0.4) is 0 Å². The molecule has 0 saturated carbocycles. The van der Waals surface area contributed by atoms with E-state index in [0.29, 0.717) is 16.4 Å². The SMILES string of the molecule is CN(Cc1cccs1)c1nccc(C(=N)N)c1Cl. The van der Waals surface area contributed by atoms with E-state index in [1.54, 1.807) is 23.6 Å². The van der Waals surface area contributed by atoms with Crippen molar-refractivity contribution in [3.8, 4) is 0 Å². The summed E-state index contributed by atoms with van der Waals surface area (Å²) in [5.41, 5.74) is 5.99. The highest BCUT2D eigenvalue weighted by atomic mass is 35.5. The Balaban J connectivity index is 2.27. The Bertz CT molecular complexity index is 553. The number of halogens is 1. The number of hydrogen-bond acceptors (Lipinski definition) is 4. The number of nitrogen functional groups attached to an aromatic ring is 1. The maximum absolute atomic E-state index is 7.46. The quantitative estimate of drug-likeness (QED) is 0.668. The molecule has 0 fully saturated rings. The van der Waals surface area contributed by atoms with E-state index in [2.05, 4.69) is 11.1 Å². The first kappa shape index (κ1) is 12.9. The lowest BCUT2D eigenvalue weighted by atomic mass is 10.2. The van der Waals surface area contributed by atoms with Crippen LogP contribution in [0.15, 0.2) is 29.8 Å². The van der Waals surface area contributed by atoms with Crippen LogP contribution in [0.1, 0.15) is 10.4 Å². The number of hydrogen-bond donors (Lipinski definition) is 2. The van der Waals surface area contributed by atoms with Crippen LogP contribution in [0.4, 0.5) is 5.82 Å². The van der Waals surface area contributed by atoms with Crippen molar-refractivity contribution in [2.75, 3.05) is 11.9 Å². The number of aromatic nitrogens is 1. The third-order valence-corrected chi connectivity index (χ3v) is 3.73. The third kappa shape index (κ3) is 2.63. The highest BCUT2D eigenvalue weighted by Crippen LogP contribution is 2.27. The fourth-order valence-electron chi connectivity index (χ4n) is 1.62. The molecular formula is C12H13ClN4S. The zero-order valence-electron chi connectivity index (χ0n) is 9.85. The number of amidine groups is 1. The third-order valence-electron chi connectivity index (χ3n) is 2.50. The number of anilines is 1. The highest BCUT2D eigenvalue weighted by Gasteiger charge is 2.13. The molecule has 94 valence electrons. The monoisotopic (exact) mass is 280 g/mol. The van der Waals surface area contributed by atoms with Crippen LogP contribution in [-0.4, -0.2) is 17.9 Å². The molecule has 0 aliphatic carbocycles. The summed E-state index contributed by atoms with van der Waals surface area (Å²) in [4.78, 5) is 7.42. The van der Waals surface area contributed by atoms with Crippen LogP contribution >= 0.6 is 22.9 Å². The lowest BCUT2D eigenvalue weighted by Crippen LogP contribution is -2.19. The molecule has 0 aliphatic heterocycles. The Hall–Kier alpha value is -1.59. The zero-order valence-corrected chi connectivity index (χ0v) is 11.4. The summed E-state index contributed by atoms with van der Waals surface area (Å²) in [6, 6.07) is 5.71. The van der Waals surface area contributed by atoms with Gasteiger partial charge in [0.05, 0.1) is 11.6 Å². The normalized spacial score (nSPS) is 10.3. The predicted molar refractivity (Wildman–Crippen MR) is 76.7 cm³/mol. The van der Waals surface area contributed by atoms with Crippen molar-refractivity contribution in [2.45, 2.75) is 6.54 Å². The molecule has 0 radical (unpaired) electrons. The second-order valence-corrected chi connectivity index (χ2v) is 5.26. The van der Waals surface area contributed by atoms with Crippen LogP contribution in [0.2, 0.25) is 5.02 Å². The first-order valence-corrected chi connectivity index (χ1v) is 6.57. The van der Waals surface area contributed by atoms with E-state index in [1.165, 1.54) is 4.88 Å². The minimum absolute atomic E-state index is 0.0480. The highest BCUT2D eigenvalue weighted by molar-refractivity contribution is 7.09. The molecule has 2 heterocycles. The van der Waals surface area contributed by atoms with Crippen LogP contribution < -0.4 is 10.6 Å². The molecule has 18 heavy (non-hydrogen) atoms. The number of nitrogens with zero attached hydrogens (tertiary/aromatic N) is 2. The van der Waals surface area contributed by atoms with Gasteiger partial charge in [0.1, 0.15) is 11.7 Å². The molecular weight excluding hydrogens is 268 g/mol. The largest absolute Gasteiger partial charge is 0.384 e. The summed E-state index contributed by atoms with van der Waals surface area (Å²) < 4.78 is 0. The Morgan fingerprint density at radius 2 is 2.33 bits per heavy atom. The molecule has 4 nitrogen and oxygen atoms in total. The van der Waals surface area contributed by atoms with E-state index in [-0.39, 0.29) is 5.84 Å². The maximum atomic E-state index is 7.46. The summed E-state index contributed by atoms with van der Waals surface area (Å²) in [5.74, 6) is 0.589. The Morgan fingerprint density at radius 1 is 1.56 bits per heavy atom. The van der Waals surface area contributed by atoms with E-state index in [0.717, 1.165) is 6.54 Å². The predicted octanol–water partition coefficient (Wildman–Crippen LogP) is 2.72. The first-order chi connectivity index (χ1) is 8.59. The molecule has 0 spiro atoms. The van der Waals surface area contributed by atoms with Crippen LogP contribution in [0, 0.1) is 5.41 Å². The summed E-state index contributed by atoms with van der Waals surface area (Å²) in [5, 5.41) is 9.91.